The van der Waals surface area contributed by atoms with Crippen LogP contribution in [-0.4, -0.2) is 29.6 Å². The van der Waals surface area contributed by atoms with Crippen molar-refractivity contribution in [1.29, 1.82) is 0 Å². The van der Waals surface area contributed by atoms with Gasteiger partial charge >= 0.3 is 0 Å². The van der Waals surface area contributed by atoms with Gasteiger partial charge in [0.1, 0.15) is 11.9 Å². The minimum absolute atomic E-state index is 0.0695. The quantitative estimate of drug-likeness (QED) is 0.581. The Morgan fingerprint density at radius 2 is 1.81 bits per heavy atom. The second-order valence-electron chi connectivity index (χ2n) is 6.38. The van der Waals surface area contributed by atoms with Crippen molar-refractivity contribution in [2.75, 3.05) is 16.8 Å². The number of hydrogen-bond acceptors (Lipinski definition) is 4. The van der Waals surface area contributed by atoms with Crippen molar-refractivity contribution >= 4 is 23.2 Å². The van der Waals surface area contributed by atoms with Crippen LogP contribution >= 0.6 is 0 Å². The highest BCUT2D eigenvalue weighted by molar-refractivity contribution is 6.02. The highest BCUT2D eigenvalue weighted by atomic mass is 19.1. The number of amides is 2. The minimum Gasteiger partial charge on any atom is -0.374 e. The predicted octanol–water partition coefficient (Wildman–Crippen LogP) is 2.78. The number of benzene rings is 2. The van der Waals surface area contributed by atoms with Crippen molar-refractivity contribution in [3.05, 3.63) is 58.9 Å². The van der Waals surface area contributed by atoms with Gasteiger partial charge in [-0.2, -0.15) is 0 Å². The zero-order valence-electron chi connectivity index (χ0n) is 14.5. The molecule has 0 bridgehead atoms. The summed E-state index contributed by atoms with van der Waals surface area (Å²) >= 11 is 0. The lowest BCUT2D eigenvalue weighted by Crippen LogP contribution is -2.34. The third-order valence-electron chi connectivity index (χ3n) is 4.52. The Morgan fingerprint density at radius 3 is 2.38 bits per heavy atom. The maximum absolute atomic E-state index is 13.5. The number of carbonyl (C=O) groups excluding carboxylic acids is 2. The Kier molecular flexibility index (Phi) is 4.90. The molecule has 3 rings (SSSR count). The van der Waals surface area contributed by atoms with Crippen LogP contribution in [0.15, 0.2) is 36.4 Å². The molecule has 2 aromatic carbocycles. The fourth-order valence-electron chi connectivity index (χ4n) is 3.35. The SMILES string of the molecule is Cc1cc(F)cc(C)c1N1CCC(Nc2ccc(C(=O)NO)cc2)C1=O. The second kappa shape index (κ2) is 7.13. The molecule has 1 atom stereocenters. The summed E-state index contributed by atoms with van der Waals surface area (Å²) in [4.78, 5) is 25.8. The van der Waals surface area contributed by atoms with E-state index in [1.165, 1.54) is 12.1 Å². The molecule has 1 unspecified atom stereocenters. The van der Waals surface area contributed by atoms with Gasteiger partial charge in [0.15, 0.2) is 0 Å². The molecule has 0 radical (unpaired) electrons. The van der Waals surface area contributed by atoms with Gasteiger partial charge in [0, 0.05) is 23.5 Å². The molecule has 0 aromatic heterocycles. The second-order valence-corrected chi connectivity index (χ2v) is 6.38. The van der Waals surface area contributed by atoms with Gasteiger partial charge in [0.25, 0.3) is 5.91 Å². The van der Waals surface area contributed by atoms with Crippen molar-refractivity contribution in [2.24, 2.45) is 0 Å². The normalized spacial score (nSPS) is 16.7. The molecule has 1 aliphatic heterocycles. The fraction of sp³-hybridized carbons (Fsp3) is 0.263. The molecule has 2 amide bonds. The molecule has 1 saturated heterocycles. The van der Waals surface area contributed by atoms with E-state index in [1.807, 2.05) is 0 Å². The maximum Gasteiger partial charge on any atom is 0.274 e. The molecular weight excluding hydrogens is 337 g/mol. The first-order valence-corrected chi connectivity index (χ1v) is 8.30. The third-order valence-corrected chi connectivity index (χ3v) is 4.52. The highest BCUT2D eigenvalue weighted by Crippen LogP contribution is 2.30. The number of aryl methyl sites for hydroxylation is 2. The molecule has 26 heavy (non-hydrogen) atoms. The summed E-state index contributed by atoms with van der Waals surface area (Å²) in [6, 6.07) is 8.93. The average Bonchev–Trinajstić information content (AvgIpc) is 2.95. The lowest BCUT2D eigenvalue weighted by molar-refractivity contribution is -0.117. The van der Waals surface area contributed by atoms with Crippen LogP contribution in [-0.2, 0) is 4.79 Å². The van der Waals surface area contributed by atoms with Crippen molar-refractivity contribution in [3.8, 4) is 0 Å². The summed E-state index contributed by atoms with van der Waals surface area (Å²) in [5, 5.41) is 11.8. The molecular formula is C19H20FN3O3. The Morgan fingerprint density at radius 1 is 1.19 bits per heavy atom. The zero-order valence-corrected chi connectivity index (χ0v) is 14.5. The summed E-state index contributed by atoms with van der Waals surface area (Å²) in [6.07, 6.45) is 0.619. The molecule has 1 heterocycles. The minimum atomic E-state index is -0.595. The number of hydroxylamine groups is 1. The van der Waals surface area contributed by atoms with Crippen molar-refractivity contribution in [2.45, 2.75) is 26.3 Å². The predicted molar refractivity (Wildman–Crippen MR) is 95.9 cm³/mol. The van der Waals surface area contributed by atoms with E-state index in [2.05, 4.69) is 5.32 Å². The van der Waals surface area contributed by atoms with Gasteiger partial charge in [-0.15, -0.1) is 0 Å². The van der Waals surface area contributed by atoms with Gasteiger partial charge < -0.3 is 10.2 Å². The van der Waals surface area contributed by atoms with Crippen LogP contribution in [0.25, 0.3) is 0 Å². The van der Waals surface area contributed by atoms with E-state index in [4.69, 9.17) is 5.21 Å². The number of rotatable bonds is 4. The van der Waals surface area contributed by atoms with Gasteiger partial charge in [0.2, 0.25) is 5.91 Å². The average molecular weight is 357 g/mol. The van der Waals surface area contributed by atoms with E-state index in [9.17, 15) is 14.0 Å². The molecule has 6 nitrogen and oxygen atoms in total. The van der Waals surface area contributed by atoms with Crippen LogP contribution in [0.4, 0.5) is 15.8 Å². The Balaban J connectivity index is 1.75. The van der Waals surface area contributed by atoms with Crippen LogP contribution in [0.3, 0.4) is 0 Å². The first kappa shape index (κ1) is 17.9. The first-order valence-electron chi connectivity index (χ1n) is 8.30. The number of carbonyl (C=O) groups is 2. The van der Waals surface area contributed by atoms with Crippen LogP contribution in [0.1, 0.15) is 27.9 Å². The largest absolute Gasteiger partial charge is 0.374 e. The summed E-state index contributed by atoms with van der Waals surface area (Å²) in [7, 11) is 0. The molecule has 136 valence electrons. The molecule has 1 aliphatic rings. The van der Waals surface area contributed by atoms with Crippen LogP contribution in [0, 0.1) is 19.7 Å². The number of halogens is 1. The van der Waals surface area contributed by atoms with Crippen molar-refractivity contribution < 1.29 is 19.2 Å². The van der Waals surface area contributed by atoms with Crippen LogP contribution in [0.2, 0.25) is 0 Å². The first-order chi connectivity index (χ1) is 12.4. The molecule has 3 N–H and O–H groups in total. The molecule has 0 saturated carbocycles. The highest BCUT2D eigenvalue weighted by Gasteiger charge is 2.34. The topological polar surface area (TPSA) is 81.7 Å². The molecule has 7 heteroatoms. The fourth-order valence-corrected chi connectivity index (χ4v) is 3.35. The Hall–Kier alpha value is -2.93. The smallest absolute Gasteiger partial charge is 0.274 e. The van der Waals surface area contributed by atoms with E-state index in [1.54, 1.807) is 48.5 Å². The van der Waals surface area contributed by atoms with E-state index in [-0.39, 0.29) is 11.7 Å². The number of nitrogens with one attached hydrogen (secondary N) is 2. The molecule has 0 aliphatic carbocycles. The van der Waals surface area contributed by atoms with Crippen LogP contribution < -0.4 is 15.7 Å². The Labute approximate surface area is 150 Å². The summed E-state index contributed by atoms with van der Waals surface area (Å²) in [5.41, 5.74) is 4.81. The lowest BCUT2D eigenvalue weighted by Gasteiger charge is -2.22. The monoisotopic (exact) mass is 357 g/mol. The standard InChI is InChI=1S/C19H20FN3O3/c1-11-9-14(20)10-12(2)17(11)23-8-7-16(19(23)25)21-15-5-3-13(4-6-15)18(24)22-26/h3-6,9-10,16,21,26H,7-8H2,1-2H3,(H,22,24). The Bertz CT molecular complexity index is 829. The van der Waals surface area contributed by atoms with Gasteiger partial charge in [-0.1, -0.05) is 0 Å². The van der Waals surface area contributed by atoms with E-state index < -0.39 is 11.9 Å². The summed E-state index contributed by atoms with van der Waals surface area (Å²) in [5.74, 6) is -0.973. The third kappa shape index (κ3) is 3.39. The maximum atomic E-state index is 13.5. The molecule has 2 aromatic rings. The van der Waals surface area contributed by atoms with E-state index >= 15 is 0 Å². The van der Waals surface area contributed by atoms with E-state index in [0.29, 0.717) is 24.2 Å². The van der Waals surface area contributed by atoms with Gasteiger partial charge in [0.05, 0.1) is 0 Å². The summed E-state index contributed by atoms with van der Waals surface area (Å²) < 4.78 is 13.5. The summed E-state index contributed by atoms with van der Waals surface area (Å²) in [6.45, 7) is 4.14. The number of hydrogen-bond donors (Lipinski definition) is 3. The zero-order chi connectivity index (χ0) is 18.8. The van der Waals surface area contributed by atoms with Crippen molar-refractivity contribution in [1.82, 2.24) is 5.48 Å². The number of anilines is 2. The van der Waals surface area contributed by atoms with Crippen molar-refractivity contribution in [3.63, 3.8) is 0 Å². The van der Waals surface area contributed by atoms with E-state index in [0.717, 1.165) is 16.8 Å². The lowest BCUT2D eigenvalue weighted by atomic mass is 10.1. The van der Waals surface area contributed by atoms with Gasteiger partial charge in [-0.3, -0.25) is 14.8 Å². The molecule has 0 spiro atoms. The molecule has 1 fully saturated rings. The van der Waals surface area contributed by atoms with Gasteiger partial charge in [-0.05, 0) is 67.8 Å². The number of nitrogens with zero attached hydrogens (tertiary/aromatic N) is 1. The van der Waals surface area contributed by atoms with Gasteiger partial charge in [-0.25, -0.2) is 9.87 Å². The van der Waals surface area contributed by atoms with Crippen LogP contribution in [0.5, 0.6) is 0 Å².